The van der Waals surface area contributed by atoms with Crippen LogP contribution in [0.15, 0.2) is 65.8 Å². The van der Waals surface area contributed by atoms with Crippen molar-refractivity contribution in [3.05, 3.63) is 72.3 Å². The topological polar surface area (TPSA) is 105 Å². The van der Waals surface area contributed by atoms with Crippen molar-refractivity contribution >= 4 is 21.7 Å². The second kappa shape index (κ2) is 11.2. The number of sulfonamides is 1. The van der Waals surface area contributed by atoms with E-state index in [1.807, 2.05) is 36.2 Å². The molecule has 1 N–H and O–H groups in total. The summed E-state index contributed by atoms with van der Waals surface area (Å²) in [5.41, 5.74) is 2.69. The molecule has 5 rings (SSSR count). The van der Waals surface area contributed by atoms with E-state index in [2.05, 4.69) is 38.5 Å². The lowest BCUT2D eigenvalue weighted by Crippen LogP contribution is -2.44. The lowest BCUT2D eigenvalue weighted by Gasteiger charge is -2.34. The summed E-state index contributed by atoms with van der Waals surface area (Å²) in [6.45, 7) is 7.16. The third kappa shape index (κ3) is 5.92. The minimum Gasteiger partial charge on any atom is -0.436 e. The van der Waals surface area contributed by atoms with Gasteiger partial charge in [-0.15, -0.1) is 0 Å². The Labute approximate surface area is 233 Å². The van der Waals surface area contributed by atoms with Gasteiger partial charge in [0.25, 0.3) is 10.0 Å². The first-order valence-electron chi connectivity index (χ1n) is 13.0. The van der Waals surface area contributed by atoms with E-state index in [0.29, 0.717) is 24.5 Å². The molecule has 0 aliphatic carbocycles. The second-order valence-electron chi connectivity index (χ2n) is 10.1. The minimum atomic E-state index is -4.04. The molecule has 4 aromatic rings. The van der Waals surface area contributed by atoms with Crippen LogP contribution >= 0.6 is 0 Å². The maximum Gasteiger partial charge on any atom is 0.267 e. The molecule has 0 radical (unpaired) electrons. The number of piperazine rings is 1. The number of anilines is 2. The van der Waals surface area contributed by atoms with Crippen LogP contribution < -0.4 is 14.4 Å². The SMILES string of the molecule is CC(C)c1ccccc1-c1cc(Oc2cccc(N3CCN(C)CC3)c2F)nc(NS(=O)(=O)c2cnn(C)c2)n1. The summed E-state index contributed by atoms with van der Waals surface area (Å²) in [5.74, 6) is -0.553. The highest BCUT2D eigenvalue weighted by Crippen LogP contribution is 2.34. The Bertz CT molecular complexity index is 1620. The van der Waals surface area contributed by atoms with Crippen LogP contribution in [0.3, 0.4) is 0 Å². The van der Waals surface area contributed by atoms with Gasteiger partial charge >= 0.3 is 0 Å². The summed E-state index contributed by atoms with van der Waals surface area (Å²) in [6.07, 6.45) is 2.60. The molecule has 3 heterocycles. The Balaban J connectivity index is 1.54. The first-order valence-corrected chi connectivity index (χ1v) is 14.5. The number of aromatic nitrogens is 4. The Morgan fingerprint density at radius 2 is 1.75 bits per heavy atom. The van der Waals surface area contributed by atoms with Gasteiger partial charge in [-0.2, -0.15) is 10.1 Å². The first kappa shape index (κ1) is 27.5. The molecule has 40 heavy (non-hydrogen) atoms. The predicted molar refractivity (Wildman–Crippen MR) is 152 cm³/mol. The zero-order chi connectivity index (χ0) is 28.4. The number of likely N-dealkylation sites (N-methyl/N-ethyl adjacent to an activating group) is 1. The van der Waals surface area contributed by atoms with E-state index >= 15 is 4.39 Å². The number of hydrogen-bond acceptors (Lipinski definition) is 8. The third-order valence-electron chi connectivity index (χ3n) is 6.78. The molecule has 1 fully saturated rings. The maximum atomic E-state index is 15.7. The van der Waals surface area contributed by atoms with E-state index in [0.717, 1.165) is 24.2 Å². The number of nitrogens with one attached hydrogen (secondary N) is 1. The van der Waals surface area contributed by atoms with Gasteiger partial charge in [0.05, 0.1) is 17.6 Å². The summed E-state index contributed by atoms with van der Waals surface area (Å²) in [4.78, 5) is 13.0. The second-order valence-corrected chi connectivity index (χ2v) is 11.8. The van der Waals surface area contributed by atoms with Crippen molar-refractivity contribution in [1.82, 2.24) is 24.6 Å². The van der Waals surface area contributed by atoms with Crippen molar-refractivity contribution in [2.24, 2.45) is 7.05 Å². The van der Waals surface area contributed by atoms with Crippen molar-refractivity contribution in [3.8, 4) is 22.9 Å². The van der Waals surface area contributed by atoms with Crippen LogP contribution in [0.1, 0.15) is 25.3 Å². The quantitative estimate of drug-likeness (QED) is 0.333. The van der Waals surface area contributed by atoms with Crippen molar-refractivity contribution in [1.29, 1.82) is 0 Å². The zero-order valence-corrected chi connectivity index (χ0v) is 23.7. The van der Waals surface area contributed by atoms with Gasteiger partial charge in [-0.1, -0.05) is 44.2 Å². The molecule has 0 unspecified atom stereocenters. The monoisotopic (exact) mass is 565 g/mol. The predicted octanol–water partition coefficient (Wildman–Crippen LogP) is 4.48. The highest BCUT2D eigenvalue weighted by molar-refractivity contribution is 7.92. The van der Waals surface area contributed by atoms with Crippen LogP contribution in [0.5, 0.6) is 11.6 Å². The molecular weight excluding hydrogens is 533 g/mol. The fourth-order valence-corrected chi connectivity index (χ4v) is 5.52. The highest BCUT2D eigenvalue weighted by atomic mass is 32.2. The van der Waals surface area contributed by atoms with E-state index in [1.54, 1.807) is 25.2 Å². The van der Waals surface area contributed by atoms with Crippen LogP contribution in [0.2, 0.25) is 0 Å². The largest absolute Gasteiger partial charge is 0.436 e. The third-order valence-corrected chi connectivity index (χ3v) is 8.06. The van der Waals surface area contributed by atoms with Crippen LogP contribution in [0.4, 0.5) is 16.0 Å². The molecule has 1 aliphatic heterocycles. The molecule has 1 saturated heterocycles. The Morgan fingerprint density at radius 3 is 2.45 bits per heavy atom. The van der Waals surface area contributed by atoms with Crippen molar-refractivity contribution in [3.63, 3.8) is 0 Å². The Hall–Kier alpha value is -4.03. The average molecular weight is 566 g/mol. The first-order chi connectivity index (χ1) is 19.1. The fraction of sp³-hybridized carbons (Fsp3) is 0.321. The van der Waals surface area contributed by atoms with E-state index in [4.69, 9.17) is 4.74 Å². The standard InChI is InChI=1S/C28H32FN7O3S/c1-19(2)21-8-5-6-9-22(21)23-16-26(32-28(31-23)33-40(37,38)20-17-30-35(4)18-20)39-25-11-7-10-24(27(25)29)36-14-12-34(3)13-15-36/h5-11,16-19H,12-15H2,1-4H3,(H,31,32,33). The van der Waals surface area contributed by atoms with Gasteiger partial charge < -0.3 is 14.5 Å². The molecule has 1 aliphatic rings. The summed E-state index contributed by atoms with van der Waals surface area (Å²) in [7, 11) is -0.380. The molecule has 0 atom stereocenters. The normalized spacial score (nSPS) is 14.5. The molecule has 0 spiro atoms. The lowest BCUT2D eigenvalue weighted by atomic mass is 9.95. The number of ether oxygens (including phenoxy) is 1. The van der Waals surface area contributed by atoms with Crippen LogP contribution in [-0.2, 0) is 17.1 Å². The molecule has 0 bridgehead atoms. The van der Waals surface area contributed by atoms with Crippen LogP contribution in [-0.4, -0.2) is 66.3 Å². The maximum absolute atomic E-state index is 15.7. The summed E-state index contributed by atoms with van der Waals surface area (Å²) in [5, 5.41) is 3.94. The Kier molecular flexibility index (Phi) is 7.72. The summed E-state index contributed by atoms with van der Waals surface area (Å²) >= 11 is 0. The van der Waals surface area contributed by atoms with Gasteiger partial charge in [0.2, 0.25) is 11.8 Å². The van der Waals surface area contributed by atoms with Gasteiger partial charge in [0, 0.05) is 51.1 Å². The molecule has 2 aromatic heterocycles. The number of rotatable bonds is 8. The van der Waals surface area contributed by atoms with Crippen molar-refractivity contribution in [2.75, 3.05) is 42.8 Å². The van der Waals surface area contributed by atoms with E-state index in [-0.39, 0.29) is 28.4 Å². The van der Waals surface area contributed by atoms with E-state index < -0.39 is 15.8 Å². The Morgan fingerprint density at radius 1 is 1.00 bits per heavy atom. The van der Waals surface area contributed by atoms with Gasteiger partial charge in [-0.25, -0.2) is 22.5 Å². The molecular formula is C28H32FN7O3S. The van der Waals surface area contributed by atoms with Crippen molar-refractivity contribution in [2.45, 2.75) is 24.7 Å². The van der Waals surface area contributed by atoms with Gasteiger partial charge in [0.1, 0.15) is 4.90 Å². The average Bonchev–Trinajstić information content (AvgIpc) is 3.37. The van der Waals surface area contributed by atoms with E-state index in [9.17, 15) is 8.42 Å². The minimum absolute atomic E-state index is 0.00173. The number of halogens is 1. The van der Waals surface area contributed by atoms with Crippen LogP contribution in [0, 0.1) is 5.82 Å². The molecule has 0 saturated carbocycles. The smallest absolute Gasteiger partial charge is 0.267 e. The fourth-order valence-electron chi connectivity index (χ4n) is 4.59. The van der Waals surface area contributed by atoms with Gasteiger partial charge in [-0.05, 0) is 30.7 Å². The van der Waals surface area contributed by atoms with Crippen molar-refractivity contribution < 1.29 is 17.5 Å². The zero-order valence-electron chi connectivity index (χ0n) is 22.9. The number of benzene rings is 2. The van der Waals surface area contributed by atoms with E-state index in [1.165, 1.54) is 23.1 Å². The van der Waals surface area contributed by atoms with Gasteiger partial charge in [0.15, 0.2) is 11.6 Å². The highest BCUT2D eigenvalue weighted by Gasteiger charge is 2.23. The molecule has 2 aromatic carbocycles. The lowest BCUT2D eigenvalue weighted by molar-refractivity contribution is 0.311. The number of nitrogens with zero attached hydrogens (tertiary/aromatic N) is 6. The number of hydrogen-bond donors (Lipinski definition) is 1. The molecule has 10 nitrogen and oxygen atoms in total. The molecule has 12 heteroatoms. The molecule has 210 valence electrons. The summed E-state index contributed by atoms with van der Waals surface area (Å²) < 4.78 is 51.6. The number of aryl methyl sites for hydroxylation is 1. The van der Waals surface area contributed by atoms with Crippen LogP contribution in [0.25, 0.3) is 11.3 Å². The van der Waals surface area contributed by atoms with Gasteiger partial charge in [-0.3, -0.25) is 4.68 Å². The molecule has 0 amide bonds. The summed E-state index contributed by atoms with van der Waals surface area (Å²) in [6, 6.07) is 14.3.